The number of hydrogen-bond acceptors (Lipinski definition) is 4. The van der Waals surface area contributed by atoms with Gasteiger partial charge in [-0.05, 0) is 37.5 Å². The number of hydrogen-bond donors (Lipinski definition) is 1. The number of rotatable bonds is 2. The standard InChI is InChI=1S/C18H18N6O/c25-17(13-3-8-19-15(11-13)24-9-2-7-22-24)23-10-4-14-16(21-12-20-14)18(23)5-1-6-18/h2-3,7-9,11-12H,1,4-6,10H2,(H,20,21). The van der Waals surface area contributed by atoms with Gasteiger partial charge in [-0.2, -0.15) is 5.10 Å². The van der Waals surface area contributed by atoms with E-state index in [0.29, 0.717) is 17.9 Å². The number of imidazole rings is 1. The Kier molecular flexibility index (Phi) is 3.03. The van der Waals surface area contributed by atoms with Crippen molar-refractivity contribution < 1.29 is 4.79 Å². The highest BCUT2D eigenvalue weighted by Crippen LogP contribution is 2.49. The lowest BCUT2D eigenvalue weighted by atomic mass is 9.70. The van der Waals surface area contributed by atoms with E-state index in [2.05, 4.69) is 20.1 Å². The molecule has 0 bridgehead atoms. The maximum atomic E-state index is 13.3. The molecule has 1 amide bonds. The molecule has 0 aromatic carbocycles. The number of H-pyrrole nitrogens is 1. The van der Waals surface area contributed by atoms with Gasteiger partial charge < -0.3 is 9.88 Å². The van der Waals surface area contributed by atoms with Crippen molar-refractivity contribution in [2.24, 2.45) is 0 Å². The molecule has 1 saturated carbocycles. The fourth-order valence-electron chi connectivity index (χ4n) is 4.03. The van der Waals surface area contributed by atoms with Crippen LogP contribution in [0.1, 0.15) is 41.0 Å². The van der Waals surface area contributed by atoms with Crippen molar-refractivity contribution in [3.05, 3.63) is 60.1 Å². The van der Waals surface area contributed by atoms with E-state index in [1.165, 1.54) is 5.69 Å². The van der Waals surface area contributed by atoms with Crippen LogP contribution in [-0.4, -0.2) is 42.1 Å². The molecule has 25 heavy (non-hydrogen) atoms. The summed E-state index contributed by atoms with van der Waals surface area (Å²) in [6, 6.07) is 5.42. The van der Waals surface area contributed by atoms with E-state index in [4.69, 9.17) is 0 Å². The average Bonchev–Trinajstić information content (AvgIpc) is 3.30. The number of nitrogens with zero attached hydrogens (tertiary/aromatic N) is 5. The minimum absolute atomic E-state index is 0.0455. The average molecular weight is 334 g/mol. The Labute approximate surface area is 144 Å². The molecule has 0 saturated heterocycles. The highest BCUT2D eigenvalue weighted by molar-refractivity contribution is 5.95. The van der Waals surface area contributed by atoms with E-state index in [0.717, 1.165) is 31.4 Å². The van der Waals surface area contributed by atoms with Gasteiger partial charge in [-0.3, -0.25) is 4.79 Å². The summed E-state index contributed by atoms with van der Waals surface area (Å²) in [7, 11) is 0. The van der Waals surface area contributed by atoms with E-state index in [1.807, 2.05) is 23.2 Å². The minimum atomic E-state index is -0.236. The zero-order valence-electron chi connectivity index (χ0n) is 13.7. The quantitative estimate of drug-likeness (QED) is 0.778. The van der Waals surface area contributed by atoms with Crippen LogP contribution in [0, 0.1) is 0 Å². The molecule has 1 fully saturated rings. The van der Waals surface area contributed by atoms with Crippen LogP contribution in [-0.2, 0) is 12.0 Å². The van der Waals surface area contributed by atoms with Crippen LogP contribution in [0.4, 0.5) is 0 Å². The summed E-state index contributed by atoms with van der Waals surface area (Å²) < 4.78 is 1.66. The van der Waals surface area contributed by atoms with Gasteiger partial charge in [0.15, 0.2) is 5.82 Å². The van der Waals surface area contributed by atoms with Crippen LogP contribution in [0.25, 0.3) is 5.82 Å². The van der Waals surface area contributed by atoms with Gasteiger partial charge in [0.05, 0.1) is 17.6 Å². The summed E-state index contributed by atoms with van der Waals surface area (Å²) in [5.41, 5.74) is 2.64. The molecular formula is C18H18N6O. The number of amides is 1. The van der Waals surface area contributed by atoms with Crippen molar-refractivity contribution in [1.29, 1.82) is 0 Å². The van der Waals surface area contributed by atoms with Gasteiger partial charge in [-0.15, -0.1) is 0 Å². The Balaban J connectivity index is 1.52. The third kappa shape index (κ3) is 2.05. The lowest BCUT2D eigenvalue weighted by Gasteiger charge is -2.52. The summed E-state index contributed by atoms with van der Waals surface area (Å²) in [5.74, 6) is 0.695. The predicted octanol–water partition coefficient (Wildman–Crippen LogP) is 2.07. The fraction of sp³-hybridized carbons (Fsp3) is 0.333. The first-order valence-corrected chi connectivity index (χ1v) is 8.59. The molecule has 3 aromatic heterocycles. The SMILES string of the molecule is O=C(c1ccnc(-n2cccn2)c1)N1CCc2[nH]cnc2C12CCC2. The maximum Gasteiger partial charge on any atom is 0.254 e. The van der Waals surface area contributed by atoms with Gasteiger partial charge >= 0.3 is 0 Å². The van der Waals surface area contributed by atoms with Crippen molar-refractivity contribution >= 4 is 5.91 Å². The highest BCUT2D eigenvalue weighted by atomic mass is 16.2. The lowest BCUT2D eigenvalue weighted by Crippen LogP contribution is -2.57. The summed E-state index contributed by atoms with van der Waals surface area (Å²) in [5, 5.41) is 4.19. The van der Waals surface area contributed by atoms with Crippen LogP contribution in [0.15, 0.2) is 43.1 Å². The predicted molar refractivity (Wildman–Crippen MR) is 90.2 cm³/mol. The molecule has 4 heterocycles. The minimum Gasteiger partial charge on any atom is -0.348 e. The maximum absolute atomic E-state index is 13.3. The van der Waals surface area contributed by atoms with Crippen LogP contribution >= 0.6 is 0 Å². The van der Waals surface area contributed by atoms with Gasteiger partial charge in [-0.25, -0.2) is 14.6 Å². The first-order chi connectivity index (χ1) is 12.3. The molecule has 0 atom stereocenters. The molecule has 7 heteroatoms. The van der Waals surface area contributed by atoms with E-state index >= 15 is 0 Å². The summed E-state index contributed by atoms with van der Waals surface area (Å²) in [6.07, 6.45) is 10.8. The Morgan fingerprint density at radius 3 is 2.92 bits per heavy atom. The van der Waals surface area contributed by atoms with Gasteiger partial charge in [0.25, 0.3) is 5.91 Å². The van der Waals surface area contributed by atoms with E-state index in [1.54, 1.807) is 29.5 Å². The van der Waals surface area contributed by atoms with Gasteiger partial charge in [0, 0.05) is 42.8 Å². The van der Waals surface area contributed by atoms with Crippen LogP contribution < -0.4 is 0 Å². The van der Waals surface area contributed by atoms with Crippen LogP contribution in [0.3, 0.4) is 0 Å². The third-order valence-electron chi connectivity index (χ3n) is 5.42. The zero-order chi connectivity index (χ0) is 16.9. The number of fused-ring (bicyclic) bond motifs is 2. The lowest BCUT2D eigenvalue weighted by molar-refractivity contribution is 0.00454. The summed E-state index contributed by atoms with van der Waals surface area (Å²) >= 11 is 0. The summed E-state index contributed by atoms with van der Waals surface area (Å²) in [6.45, 7) is 0.716. The molecule has 5 rings (SSSR count). The van der Waals surface area contributed by atoms with Crippen molar-refractivity contribution in [3.8, 4) is 5.82 Å². The molecule has 3 aromatic rings. The molecule has 1 N–H and O–H groups in total. The number of aromatic amines is 1. The smallest absolute Gasteiger partial charge is 0.254 e. The molecule has 1 spiro atoms. The van der Waals surface area contributed by atoms with Crippen molar-refractivity contribution in [1.82, 2.24) is 29.6 Å². The first-order valence-electron chi connectivity index (χ1n) is 8.59. The van der Waals surface area contributed by atoms with E-state index in [-0.39, 0.29) is 11.4 Å². The third-order valence-corrected chi connectivity index (χ3v) is 5.42. The molecule has 126 valence electrons. The molecule has 0 unspecified atom stereocenters. The van der Waals surface area contributed by atoms with Gasteiger partial charge in [0.2, 0.25) is 0 Å². The van der Waals surface area contributed by atoms with Gasteiger partial charge in [0.1, 0.15) is 0 Å². The second kappa shape index (κ2) is 5.27. The van der Waals surface area contributed by atoms with Gasteiger partial charge in [-0.1, -0.05) is 0 Å². The first kappa shape index (κ1) is 14.4. The normalized spacial score (nSPS) is 18.0. The monoisotopic (exact) mass is 334 g/mol. The molecule has 1 aliphatic carbocycles. The molecular weight excluding hydrogens is 316 g/mol. The Hall–Kier alpha value is -2.96. The largest absolute Gasteiger partial charge is 0.348 e. The Bertz CT molecular complexity index is 925. The molecule has 0 radical (unpaired) electrons. The molecule has 2 aliphatic rings. The van der Waals surface area contributed by atoms with Crippen molar-refractivity contribution in [3.63, 3.8) is 0 Å². The Morgan fingerprint density at radius 1 is 1.24 bits per heavy atom. The van der Waals surface area contributed by atoms with Crippen molar-refractivity contribution in [2.45, 2.75) is 31.2 Å². The topological polar surface area (TPSA) is 79.7 Å². The Morgan fingerprint density at radius 2 is 2.16 bits per heavy atom. The number of nitrogens with one attached hydrogen (secondary N) is 1. The number of carbonyl (C=O) groups is 1. The highest BCUT2D eigenvalue weighted by Gasteiger charge is 2.51. The van der Waals surface area contributed by atoms with Crippen LogP contribution in [0.5, 0.6) is 0 Å². The number of pyridine rings is 1. The molecule has 1 aliphatic heterocycles. The van der Waals surface area contributed by atoms with Crippen LogP contribution in [0.2, 0.25) is 0 Å². The number of carbonyl (C=O) groups excluding carboxylic acids is 1. The number of aromatic nitrogens is 5. The molecule has 7 nitrogen and oxygen atoms in total. The fourth-order valence-corrected chi connectivity index (χ4v) is 4.03. The second-order valence-electron chi connectivity index (χ2n) is 6.67. The van der Waals surface area contributed by atoms with Crippen molar-refractivity contribution in [2.75, 3.05) is 6.54 Å². The summed E-state index contributed by atoms with van der Waals surface area (Å²) in [4.78, 5) is 27.4. The van der Waals surface area contributed by atoms with E-state index in [9.17, 15) is 4.79 Å². The second-order valence-corrected chi connectivity index (χ2v) is 6.67. The van der Waals surface area contributed by atoms with E-state index < -0.39 is 0 Å². The zero-order valence-corrected chi connectivity index (χ0v) is 13.7.